The van der Waals surface area contributed by atoms with E-state index in [1.165, 1.54) is 24.3 Å². The Morgan fingerprint density at radius 2 is 2.12 bits per heavy atom. The van der Waals surface area contributed by atoms with Gasteiger partial charge in [-0.3, -0.25) is 4.79 Å². The SMILES string of the molecule is C=CC(=O)N1CC(Nc2nc(=O)[nH]c3c(F)c(-c4ccc(F)c5sc(N)nc45)c(Cl)cc23)C1. The number of aromatic amines is 1. The van der Waals surface area contributed by atoms with Crippen LogP contribution in [0.4, 0.5) is 19.7 Å². The first-order valence-corrected chi connectivity index (χ1v) is 10.9. The summed E-state index contributed by atoms with van der Waals surface area (Å²) in [7, 11) is 0. The number of nitrogens with one attached hydrogen (secondary N) is 2. The summed E-state index contributed by atoms with van der Waals surface area (Å²) >= 11 is 7.41. The fraction of sp³-hybridized carbons (Fsp3) is 0.143. The molecule has 1 aliphatic rings. The molecular formula is C21H15ClF2N6O2S. The number of carbonyl (C=O) groups excluding carboxylic acids is 1. The molecule has 0 atom stereocenters. The Labute approximate surface area is 193 Å². The first-order valence-electron chi connectivity index (χ1n) is 9.71. The third-order valence-corrected chi connectivity index (χ3v) is 6.60. The maximum atomic E-state index is 15.7. The number of anilines is 2. The van der Waals surface area contributed by atoms with Crippen LogP contribution in [-0.4, -0.2) is 44.9 Å². The summed E-state index contributed by atoms with van der Waals surface area (Å²) in [6.07, 6.45) is 1.22. The molecule has 1 aliphatic heterocycles. The molecule has 2 aromatic heterocycles. The van der Waals surface area contributed by atoms with Crippen molar-refractivity contribution in [2.75, 3.05) is 24.1 Å². The largest absolute Gasteiger partial charge is 0.375 e. The summed E-state index contributed by atoms with van der Waals surface area (Å²) in [5, 5.41) is 3.47. The van der Waals surface area contributed by atoms with Crippen molar-refractivity contribution in [3.63, 3.8) is 0 Å². The molecule has 0 saturated carbocycles. The Kier molecular flexibility index (Phi) is 5.02. The van der Waals surface area contributed by atoms with Crippen LogP contribution in [0.2, 0.25) is 5.02 Å². The van der Waals surface area contributed by atoms with Gasteiger partial charge in [0.05, 0.1) is 26.8 Å². The molecule has 0 bridgehead atoms. The molecule has 3 heterocycles. The smallest absolute Gasteiger partial charge is 0.347 e. The van der Waals surface area contributed by atoms with Crippen molar-refractivity contribution in [3.05, 3.63) is 58.0 Å². The summed E-state index contributed by atoms with van der Waals surface area (Å²) in [5.41, 5.74) is 5.23. The molecule has 168 valence electrons. The van der Waals surface area contributed by atoms with E-state index in [0.29, 0.717) is 13.1 Å². The lowest BCUT2D eigenvalue weighted by Crippen LogP contribution is -2.56. The van der Waals surface area contributed by atoms with Crippen molar-refractivity contribution in [2.45, 2.75) is 6.04 Å². The standard InChI is InChI=1S/C21H15ClF2N6O2S/c1-2-13(31)30-6-8(7-30)26-19-10-5-11(22)14(15(24)16(10)28-21(32)29-19)9-3-4-12(23)18-17(9)27-20(25)33-18/h2-5,8H,1,6-7H2,(H2,25,27)(H2,26,28,29,32). The van der Waals surface area contributed by atoms with Gasteiger partial charge in [-0.1, -0.05) is 29.5 Å². The van der Waals surface area contributed by atoms with Crippen molar-refractivity contribution in [1.82, 2.24) is 19.9 Å². The minimum absolute atomic E-state index is 0.0217. The predicted molar refractivity (Wildman–Crippen MR) is 125 cm³/mol. The zero-order valence-electron chi connectivity index (χ0n) is 16.8. The van der Waals surface area contributed by atoms with Gasteiger partial charge in [0.1, 0.15) is 11.6 Å². The molecule has 2 aromatic carbocycles. The molecular weight excluding hydrogens is 474 g/mol. The molecule has 0 unspecified atom stereocenters. The lowest BCUT2D eigenvalue weighted by molar-refractivity contribution is -0.129. The molecule has 0 spiro atoms. The molecule has 0 radical (unpaired) electrons. The number of hydrogen-bond donors (Lipinski definition) is 3. The quantitative estimate of drug-likeness (QED) is 0.378. The summed E-state index contributed by atoms with van der Waals surface area (Å²) < 4.78 is 30.1. The van der Waals surface area contributed by atoms with Crippen molar-refractivity contribution in [1.29, 1.82) is 0 Å². The monoisotopic (exact) mass is 488 g/mol. The van der Waals surface area contributed by atoms with Crippen LogP contribution in [0.15, 0.2) is 35.6 Å². The second-order valence-corrected chi connectivity index (χ2v) is 8.91. The highest BCUT2D eigenvalue weighted by Gasteiger charge is 2.30. The van der Waals surface area contributed by atoms with Crippen LogP contribution in [0.1, 0.15) is 0 Å². The number of benzene rings is 2. The Morgan fingerprint density at radius 1 is 1.36 bits per heavy atom. The van der Waals surface area contributed by atoms with Gasteiger partial charge in [-0.15, -0.1) is 0 Å². The number of rotatable bonds is 4. The minimum Gasteiger partial charge on any atom is -0.375 e. The average Bonchev–Trinajstić information content (AvgIpc) is 3.14. The maximum absolute atomic E-state index is 15.7. The second-order valence-electron chi connectivity index (χ2n) is 7.47. The zero-order chi connectivity index (χ0) is 23.4. The van der Waals surface area contributed by atoms with E-state index in [9.17, 15) is 14.0 Å². The van der Waals surface area contributed by atoms with E-state index in [4.69, 9.17) is 17.3 Å². The van der Waals surface area contributed by atoms with Crippen molar-refractivity contribution in [2.24, 2.45) is 0 Å². The molecule has 4 aromatic rings. The van der Waals surface area contributed by atoms with Crippen LogP contribution >= 0.6 is 22.9 Å². The summed E-state index contributed by atoms with van der Waals surface area (Å²) in [6.45, 7) is 4.21. The maximum Gasteiger partial charge on any atom is 0.347 e. The highest BCUT2D eigenvalue weighted by atomic mass is 35.5. The van der Waals surface area contributed by atoms with E-state index in [-0.39, 0.29) is 60.2 Å². The number of halogens is 3. The number of thiazole rings is 1. The third-order valence-electron chi connectivity index (χ3n) is 5.41. The molecule has 0 aliphatic carbocycles. The van der Waals surface area contributed by atoms with Crippen LogP contribution in [-0.2, 0) is 4.79 Å². The molecule has 4 N–H and O–H groups in total. The molecule has 1 saturated heterocycles. The van der Waals surface area contributed by atoms with E-state index >= 15 is 4.39 Å². The molecule has 5 rings (SSSR count). The van der Waals surface area contributed by atoms with E-state index in [0.717, 1.165) is 11.3 Å². The van der Waals surface area contributed by atoms with Gasteiger partial charge in [-0.2, -0.15) is 4.98 Å². The fourth-order valence-corrected chi connectivity index (χ4v) is 4.91. The van der Waals surface area contributed by atoms with E-state index in [2.05, 4.69) is 26.8 Å². The highest BCUT2D eigenvalue weighted by Crippen LogP contribution is 2.41. The minimum atomic E-state index is -0.809. The molecule has 1 fully saturated rings. The molecule has 8 nitrogen and oxygen atoms in total. The van der Waals surface area contributed by atoms with E-state index in [1.54, 1.807) is 4.90 Å². The number of likely N-dealkylation sites (tertiary alicyclic amines) is 1. The predicted octanol–water partition coefficient (Wildman–Crippen LogP) is 3.52. The van der Waals surface area contributed by atoms with Gasteiger partial charge in [-0.25, -0.2) is 18.6 Å². The van der Waals surface area contributed by atoms with Crippen LogP contribution in [0.5, 0.6) is 0 Å². The van der Waals surface area contributed by atoms with Crippen molar-refractivity contribution < 1.29 is 13.6 Å². The van der Waals surface area contributed by atoms with Gasteiger partial charge in [-0.05, 0) is 24.3 Å². The van der Waals surface area contributed by atoms with Gasteiger partial charge in [0.25, 0.3) is 0 Å². The van der Waals surface area contributed by atoms with Crippen molar-refractivity contribution >= 4 is 60.9 Å². The van der Waals surface area contributed by atoms with Crippen LogP contribution < -0.4 is 16.7 Å². The average molecular weight is 489 g/mol. The number of nitrogen functional groups attached to an aromatic ring is 1. The van der Waals surface area contributed by atoms with Crippen LogP contribution in [0, 0.1) is 11.6 Å². The molecule has 33 heavy (non-hydrogen) atoms. The third kappa shape index (κ3) is 3.49. The fourth-order valence-electron chi connectivity index (χ4n) is 3.85. The van der Waals surface area contributed by atoms with Crippen molar-refractivity contribution in [3.8, 4) is 11.1 Å². The Balaban J connectivity index is 1.62. The number of carbonyl (C=O) groups is 1. The topological polar surface area (TPSA) is 117 Å². The van der Waals surface area contributed by atoms with Gasteiger partial charge in [0, 0.05) is 29.6 Å². The Hall–Kier alpha value is -3.57. The molecule has 12 heteroatoms. The highest BCUT2D eigenvalue weighted by molar-refractivity contribution is 7.22. The second kappa shape index (κ2) is 7.78. The Bertz CT molecular complexity index is 1530. The zero-order valence-corrected chi connectivity index (χ0v) is 18.4. The first kappa shape index (κ1) is 21.3. The number of nitrogens with two attached hydrogens (primary N) is 1. The van der Waals surface area contributed by atoms with Crippen LogP contribution in [0.25, 0.3) is 32.2 Å². The van der Waals surface area contributed by atoms with Gasteiger partial charge >= 0.3 is 5.69 Å². The summed E-state index contributed by atoms with van der Waals surface area (Å²) in [5.74, 6) is -1.41. The summed E-state index contributed by atoms with van der Waals surface area (Å²) in [6, 6.07) is 3.84. The summed E-state index contributed by atoms with van der Waals surface area (Å²) in [4.78, 5) is 35.9. The Morgan fingerprint density at radius 3 is 2.85 bits per heavy atom. The number of H-pyrrole nitrogens is 1. The number of amides is 1. The number of fused-ring (bicyclic) bond motifs is 2. The molecule has 1 amide bonds. The van der Waals surface area contributed by atoms with E-state index < -0.39 is 17.3 Å². The lowest BCUT2D eigenvalue weighted by atomic mass is 10.0. The number of hydrogen-bond acceptors (Lipinski definition) is 7. The van der Waals surface area contributed by atoms with Gasteiger partial charge < -0.3 is 20.9 Å². The number of aromatic nitrogens is 3. The van der Waals surface area contributed by atoms with Gasteiger partial charge in [0.2, 0.25) is 5.91 Å². The lowest BCUT2D eigenvalue weighted by Gasteiger charge is -2.39. The normalized spacial score (nSPS) is 14.0. The number of nitrogens with zero attached hydrogens (tertiary/aromatic N) is 3. The van der Waals surface area contributed by atoms with Gasteiger partial charge in [0.15, 0.2) is 10.9 Å². The van der Waals surface area contributed by atoms with E-state index in [1.807, 2.05) is 0 Å². The first-order chi connectivity index (χ1) is 15.8. The van der Waals surface area contributed by atoms with Crippen LogP contribution in [0.3, 0.4) is 0 Å².